The Labute approximate surface area is 105 Å². The number of hydrogen-bond donors (Lipinski definition) is 1. The predicted molar refractivity (Wildman–Crippen MR) is 65.2 cm³/mol. The summed E-state index contributed by atoms with van der Waals surface area (Å²) in [5, 5.41) is 3.27. The normalized spacial score (nSPS) is 20.2. The van der Waals surface area contributed by atoms with E-state index in [-0.39, 0.29) is 11.7 Å². The quantitative estimate of drug-likeness (QED) is 0.896. The van der Waals surface area contributed by atoms with Gasteiger partial charge in [-0.25, -0.2) is 13.2 Å². The average molecular weight is 258 g/mol. The Hall–Kier alpha value is -1.23. The van der Waals surface area contributed by atoms with Gasteiger partial charge >= 0.3 is 0 Å². The van der Waals surface area contributed by atoms with E-state index in [1.807, 2.05) is 6.92 Å². The van der Waals surface area contributed by atoms with E-state index in [4.69, 9.17) is 0 Å². The summed E-state index contributed by atoms with van der Waals surface area (Å²) >= 11 is 0. The highest BCUT2D eigenvalue weighted by molar-refractivity contribution is 5.50. The first-order chi connectivity index (χ1) is 8.61. The zero-order chi connectivity index (χ0) is 13.1. The van der Waals surface area contributed by atoms with Crippen LogP contribution in [0.5, 0.6) is 0 Å². The molecule has 0 saturated carbocycles. The third-order valence-corrected chi connectivity index (χ3v) is 3.21. The summed E-state index contributed by atoms with van der Waals surface area (Å²) in [4.78, 5) is 1.65. The molecule has 100 valence electrons. The molecule has 0 spiro atoms. The molecule has 1 saturated heterocycles. The van der Waals surface area contributed by atoms with E-state index >= 15 is 0 Å². The molecule has 0 aliphatic carbocycles. The third kappa shape index (κ3) is 2.77. The lowest BCUT2D eigenvalue weighted by molar-refractivity contribution is 0.422. The van der Waals surface area contributed by atoms with Crippen molar-refractivity contribution < 1.29 is 13.2 Å². The van der Waals surface area contributed by atoms with E-state index in [0.717, 1.165) is 31.5 Å². The van der Waals surface area contributed by atoms with Gasteiger partial charge < -0.3 is 10.2 Å². The zero-order valence-electron chi connectivity index (χ0n) is 10.3. The monoisotopic (exact) mass is 258 g/mol. The van der Waals surface area contributed by atoms with Gasteiger partial charge in [0.05, 0.1) is 0 Å². The van der Waals surface area contributed by atoms with Crippen LogP contribution in [0.25, 0.3) is 0 Å². The fourth-order valence-electron chi connectivity index (χ4n) is 2.47. The minimum atomic E-state index is -0.881. The number of nitrogens with zero attached hydrogens (tertiary/aromatic N) is 1. The molecule has 1 unspecified atom stereocenters. The number of nitrogens with one attached hydrogen (secondary N) is 1. The third-order valence-electron chi connectivity index (χ3n) is 3.21. The van der Waals surface area contributed by atoms with Crippen LogP contribution in [-0.2, 0) is 0 Å². The lowest BCUT2D eigenvalue weighted by Gasteiger charge is -2.35. The second kappa shape index (κ2) is 5.61. The largest absolute Gasteiger partial charge is 0.365 e. The van der Waals surface area contributed by atoms with E-state index in [2.05, 4.69) is 5.32 Å². The van der Waals surface area contributed by atoms with Crippen LogP contribution >= 0.6 is 0 Å². The second-order valence-electron chi connectivity index (χ2n) is 4.56. The van der Waals surface area contributed by atoms with Crippen LogP contribution in [-0.4, -0.2) is 25.7 Å². The van der Waals surface area contributed by atoms with Crippen molar-refractivity contribution in [1.29, 1.82) is 0 Å². The predicted octanol–water partition coefficient (Wildman–Crippen LogP) is 2.68. The van der Waals surface area contributed by atoms with Crippen LogP contribution < -0.4 is 10.2 Å². The summed E-state index contributed by atoms with van der Waals surface area (Å²) in [7, 11) is 0. The van der Waals surface area contributed by atoms with Crippen LogP contribution in [0, 0.1) is 17.5 Å². The molecule has 0 amide bonds. The summed E-state index contributed by atoms with van der Waals surface area (Å²) in [6, 6.07) is 1.69. The SMILES string of the molecule is CCNC1CCCN(c2c(F)cc(F)cc2F)C1. The Morgan fingerprint density at radius 3 is 2.56 bits per heavy atom. The molecule has 0 radical (unpaired) electrons. The van der Waals surface area contributed by atoms with E-state index in [1.165, 1.54) is 0 Å². The van der Waals surface area contributed by atoms with E-state index in [1.54, 1.807) is 4.90 Å². The summed E-state index contributed by atoms with van der Waals surface area (Å²) in [5.74, 6) is -2.54. The van der Waals surface area contributed by atoms with E-state index in [9.17, 15) is 13.2 Å². The Morgan fingerprint density at radius 1 is 1.28 bits per heavy atom. The standard InChI is InChI=1S/C13H17F3N2/c1-2-17-10-4-3-5-18(8-10)13-11(15)6-9(14)7-12(13)16/h6-7,10,17H,2-5,8H2,1H3. The Bertz CT molecular complexity index is 398. The molecular weight excluding hydrogens is 241 g/mol. The van der Waals surface area contributed by atoms with E-state index in [0.29, 0.717) is 13.1 Å². The molecule has 1 fully saturated rings. The molecule has 18 heavy (non-hydrogen) atoms. The minimum Gasteiger partial charge on any atom is -0.365 e. The molecule has 1 aromatic carbocycles. The van der Waals surface area contributed by atoms with E-state index < -0.39 is 17.5 Å². The maximum atomic E-state index is 13.7. The van der Waals surface area contributed by atoms with Gasteiger partial charge in [-0.2, -0.15) is 0 Å². The van der Waals surface area contributed by atoms with Crippen molar-refractivity contribution in [2.45, 2.75) is 25.8 Å². The highest BCUT2D eigenvalue weighted by Gasteiger charge is 2.24. The number of anilines is 1. The van der Waals surface area contributed by atoms with Crippen LogP contribution in [0.1, 0.15) is 19.8 Å². The molecule has 1 heterocycles. The molecule has 2 nitrogen and oxygen atoms in total. The number of rotatable bonds is 3. The lowest BCUT2D eigenvalue weighted by atomic mass is 10.0. The minimum absolute atomic E-state index is 0.112. The Morgan fingerprint density at radius 2 is 1.94 bits per heavy atom. The molecule has 1 aliphatic heterocycles. The second-order valence-corrected chi connectivity index (χ2v) is 4.56. The molecule has 1 N–H and O–H groups in total. The molecular formula is C13H17F3N2. The van der Waals surface area contributed by atoms with Gasteiger partial charge in [0.15, 0.2) is 11.6 Å². The number of halogens is 3. The maximum absolute atomic E-state index is 13.7. The fraction of sp³-hybridized carbons (Fsp3) is 0.538. The van der Waals surface area contributed by atoms with Crippen molar-refractivity contribution in [2.75, 3.05) is 24.5 Å². The van der Waals surface area contributed by atoms with Crippen molar-refractivity contribution in [1.82, 2.24) is 5.32 Å². The average Bonchev–Trinajstić information content (AvgIpc) is 2.28. The highest BCUT2D eigenvalue weighted by Crippen LogP contribution is 2.27. The molecule has 5 heteroatoms. The summed E-state index contributed by atoms with van der Waals surface area (Å²) < 4.78 is 40.2. The van der Waals surface area contributed by atoms with Gasteiger partial charge in [0.1, 0.15) is 11.5 Å². The molecule has 0 bridgehead atoms. The molecule has 1 atom stereocenters. The Balaban J connectivity index is 2.20. The van der Waals surface area contributed by atoms with Crippen LogP contribution in [0.3, 0.4) is 0 Å². The number of benzene rings is 1. The first-order valence-corrected chi connectivity index (χ1v) is 6.24. The number of likely N-dealkylation sites (N-methyl/N-ethyl adjacent to an activating group) is 1. The van der Waals surface area contributed by atoms with Gasteiger partial charge in [-0.05, 0) is 19.4 Å². The van der Waals surface area contributed by atoms with Crippen molar-refractivity contribution in [3.05, 3.63) is 29.6 Å². The van der Waals surface area contributed by atoms with Crippen LogP contribution in [0.2, 0.25) is 0 Å². The van der Waals surface area contributed by atoms with Crippen LogP contribution in [0.4, 0.5) is 18.9 Å². The smallest absolute Gasteiger partial charge is 0.152 e. The molecule has 1 aliphatic rings. The first kappa shape index (κ1) is 13.2. The van der Waals surface area contributed by atoms with Gasteiger partial charge in [0.2, 0.25) is 0 Å². The molecule has 1 aromatic rings. The van der Waals surface area contributed by atoms with Gasteiger partial charge in [0, 0.05) is 31.3 Å². The zero-order valence-corrected chi connectivity index (χ0v) is 10.3. The first-order valence-electron chi connectivity index (χ1n) is 6.24. The number of piperidine rings is 1. The van der Waals surface area contributed by atoms with Gasteiger partial charge in [-0.15, -0.1) is 0 Å². The van der Waals surface area contributed by atoms with Crippen molar-refractivity contribution in [3.8, 4) is 0 Å². The van der Waals surface area contributed by atoms with Gasteiger partial charge in [0.25, 0.3) is 0 Å². The topological polar surface area (TPSA) is 15.3 Å². The number of hydrogen-bond acceptors (Lipinski definition) is 2. The highest BCUT2D eigenvalue weighted by atomic mass is 19.1. The van der Waals surface area contributed by atoms with Crippen molar-refractivity contribution in [3.63, 3.8) is 0 Å². The maximum Gasteiger partial charge on any atom is 0.152 e. The lowest BCUT2D eigenvalue weighted by Crippen LogP contribution is -2.46. The molecule has 0 aromatic heterocycles. The summed E-state index contributed by atoms with van der Waals surface area (Å²) in [6.07, 6.45) is 1.86. The van der Waals surface area contributed by atoms with Gasteiger partial charge in [-0.3, -0.25) is 0 Å². The van der Waals surface area contributed by atoms with Gasteiger partial charge in [-0.1, -0.05) is 6.92 Å². The van der Waals surface area contributed by atoms with Crippen LogP contribution in [0.15, 0.2) is 12.1 Å². The summed E-state index contributed by atoms with van der Waals surface area (Å²) in [5.41, 5.74) is -0.112. The summed E-state index contributed by atoms with van der Waals surface area (Å²) in [6.45, 7) is 3.97. The van der Waals surface area contributed by atoms with Crippen molar-refractivity contribution >= 4 is 5.69 Å². The van der Waals surface area contributed by atoms with Crippen molar-refractivity contribution in [2.24, 2.45) is 0 Å². The molecule has 2 rings (SSSR count). The Kier molecular flexibility index (Phi) is 4.11. The fourth-order valence-corrected chi connectivity index (χ4v) is 2.47.